The number of nitrogens with one attached hydrogen (secondary N) is 2. The molecule has 2 aromatic heterocycles. The van der Waals surface area contributed by atoms with E-state index in [2.05, 4.69) is 15.7 Å². The summed E-state index contributed by atoms with van der Waals surface area (Å²) in [4.78, 5) is 12.7. The van der Waals surface area contributed by atoms with Crippen LogP contribution in [0, 0.1) is 0 Å². The molecule has 0 unspecified atom stereocenters. The number of aromatic nitrogens is 2. The molecule has 0 bridgehead atoms. The smallest absolute Gasteiger partial charge is 0.252 e. The molecule has 0 atom stereocenters. The quantitative estimate of drug-likeness (QED) is 0.912. The van der Waals surface area contributed by atoms with Gasteiger partial charge in [-0.25, -0.2) is 0 Å². The molecule has 0 aromatic carbocycles. The second kappa shape index (κ2) is 6.39. The van der Waals surface area contributed by atoms with E-state index in [4.69, 9.17) is 0 Å². The third-order valence-electron chi connectivity index (χ3n) is 3.58. The van der Waals surface area contributed by atoms with Crippen LogP contribution in [0.25, 0.3) is 0 Å². The summed E-state index contributed by atoms with van der Waals surface area (Å²) in [5.74, 6) is 0.0242. The van der Waals surface area contributed by atoms with Gasteiger partial charge in [-0.3, -0.25) is 9.48 Å². The first-order chi connectivity index (χ1) is 9.31. The standard InChI is InChI=1S/C13H16N4OS.ClH/c18-12(16-11-2-9-19-10-11)13(3-6-14-7-4-13)17-8-1-5-15-17;/h1-2,5,8-10,14H,3-4,6-7H2,(H,16,18);1H. The number of thiophene rings is 1. The Morgan fingerprint density at radius 1 is 1.45 bits per heavy atom. The van der Waals surface area contributed by atoms with Crippen molar-refractivity contribution in [3.8, 4) is 0 Å². The molecule has 0 aliphatic carbocycles. The summed E-state index contributed by atoms with van der Waals surface area (Å²) in [5, 5.41) is 14.5. The minimum absolute atomic E-state index is 0. The molecule has 1 amide bonds. The Bertz CT molecular complexity index is 535. The number of carbonyl (C=O) groups is 1. The lowest BCUT2D eigenvalue weighted by atomic mass is 9.87. The third kappa shape index (κ3) is 2.72. The van der Waals surface area contributed by atoms with Crippen molar-refractivity contribution in [2.45, 2.75) is 18.4 Å². The summed E-state index contributed by atoms with van der Waals surface area (Å²) in [5.41, 5.74) is 0.288. The summed E-state index contributed by atoms with van der Waals surface area (Å²) >= 11 is 1.58. The Kier molecular flexibility index (Phi) is 4.80. The van der Waals surface area contributed by atoms with Gasteiger partial charge in [0.25, 0.3) is 5.91 Å². The highest BCUT2D eigenvalue weighted by atomic mass is 35.5. The summed E-state index contributed by atoms with van der Waals surface area (Å²) in [7, 11) is 0. The number of anilines is 1. The first-order valence-corrected chi connectivity index (χ1v) is 7.30. The largest absolute Gasteiger partial charge is 0.323 e. The Morgan fingerprint density at radius 2 is 2.25 bits per heavy atom. The number of amides is 1. The Balaban J connectivity index is 0.00000147. The molecule has 0 radical (unpaired) electrons. The number of rotatable bonds is 3. The second-order valence-corrected chi connectivity index (χ2v) is 5.48. The van der Waals surface area contributed by atoms with Crippen molar-refractivity contribution in [3.63, 3.8) is 0 Å². The second-order valence-electron chi connectivity index (χ2n) is 4.70. The number of piperidine rings is 1. The predicted molar refractivity (Wildman–Crippen MR) is 82.5 cm³/mol. The normalized spacial score (nSPS) is 17.2. The summed E-state index contributed by atoms with van der Waals surface area (Å²) < 4.78 is 1.80. The third-order valence-corrected chi connectivity index (χ3v) is 4.26. The van der Waals surface area contributed by atoms with E-state index in [1.54, 1.807) is 22.2 Å². The molecule has 5 nitrogen and oxygen atoms in total. The Morgan fingerprint density at radius 3 is 2.85 bits per heavy atom. The molecule has 7 heteroatoms. The van der Waals surface area contributed by atoms with E-state index in [-0.39, 0.29) is 18.3 Å². The fraction of sp³-hybridized carbons (Fsp3) is 0.385. The molecule has 2 aromatic rings. The van der Waals surface area contributed by atoms with Gasteiger partial charge in [-0.15, -0.1) is 12.4 Å². The lowest BCUT2D eigenvalue weighted by molar-refractivity contribution is -0.126. The van der Waals surface area contributed by atoms with Gasteiger partial charge in [-0.05, 0) is 43.4 Å². The summed E-state index contributed by atoms with van der Waals surface area (Å²) in [6, 6.07) is 3.78. The maximum Gasteiger partial charge on any atom is 0.252 e. The van der Waals surface area contributed by atoms with Crippen molar-refractivity contribution >= 4 is 35.3 Å². The number of halogens is 1. The van der Waals surface area contributed by atoms with Gasteiger partial charge in [0.2, 0.25) is 0 Å². The van der Waals surface area contributed by atoms with E-state index in [1.807, 2.05) is 29.1 Å². The van der Waals surface area contributed by atoms with E-state index in [0.717, 1.165) is 31.6 Å². The summed E-state index contributed by atoms with van der Waals surface area (Å²) in [6.07, 6.45) is 5.11. The van der Waals surface area contributed by atoms with Gasteiger partial charge in [-0.1, -0.05) is 0 Å². The molecule has 1 fully saturated rings. The van der Waals surface area contributed by atoms with Crippen LogP contribution >= 0.6 is 23.7 Å². The average molecular weight is 313 g/mol. The molecule has 108 valence electrons. The van der Waals surface area contributed by atoms with Crippen LogP contribution in [0.2, 0.25) is 0 Å². The number of hydrogen-bond donors (Lipinski definition) is 2. The van der Waals surface area contributed by atoms with Crippen molar-refractivity contribution in [2.24, 2.45) is 0 Å². The van der Waals surface area contributed by atoms with Gasteiger partial charge in [0.05, 0.1) is 5.69 Å². The molecule has 1 aliphatic rings. The van der Waals surface area contributed by atoms with Crippen molar-refractivity contribution in [2.75, 3.05) is 18.4 Å². The van der Waals surface area contributed by atoms with Crippen LogP contribution in [-0.4, -0.2) is 28.8 Å². The monoisotopic (exact) mass is 312 g/mol. The van der Waals surface area contributed by atoms with E-state index >= 15 is 0 Å². The van der Waals surface area contributed by atoms with E-state index in [9.17, 15) is 4.79 Å². The maximum absolute atomic E-state index is 12.7. The molecule has 1 aliphatic heterocycles. The van der Waals surface area contributed by atoms with Crippen molar-refractivity contribution in [3.05, 3.63) is 35.3 Å². The fourth-order valence-electron chi connectivity index (χ4n) is 2.51. The highest BCUT2D eigenvalue weighted by Crippen LogP contribution is 2.29. The molecule has 1 saturated heterocycles. The molecule has 20 heavy (non-hydrogen) atoms. The lowest BCUT2D eigenvalue weighted by Gasteiger charge is -2.36. The molecular weight excluding hydrogens is 296 g/mol. The lowest BCUT2D eigenvalue weighted by Crippen LogP contribution is -2.52. The van der Waals surface area contributed by atoms with Crippen molar-refractivity contribution < 1.29 is 4.79 Å². The highest BCUT2D eigenvalue weighted by molar-refractivity contribution is 7.08. The minimum Gasteiger partial charge on any atom is -0.323 e. The average Bonchev–Trinajstić information content (AvgIpc) is 3.12. The zero-order valence-electron chi connectivity index (χ0n) is 10.9. The fourth-order valence-corrected chi connectivity index (χ4v) is 3.09. The van der Waals surface area contributed by atoms with E-state index in [1.165, 1.54) is 0 Å². The first-order valence-electron chi connectivity index (χ1n) is 6.36. The SMILES string of the molecule is Cl.O=C(Nc1ccsc1)C1(n2cccn2)CCNCC1. The Hall–Kier alpha value is -1.37. The number of nitrogens with zero attached hydrogens (tertiary/aromatic N) is 2. The van der Waals surface area contributed by atoms with Crippen LogP contribution in [0.15, 0.2) is 35.3 Å². The van der Waals surface area contributed by atoms with E-state index < -0.39 is 5.54 Å². The van der Waals surface area contributed by atoms with Crippen LogP contribution in [0.5, 0.6) is 0 Å². The molecule has 3 rings (SSSR count). The van der Waals surface area contributed by atoms with Gasteiger partial charge in [0, 0.05) is 17.8 Å². The summed E-state index contributed by atoms with van der Waals surface area (Å²) in [6.45, 7) is 1.66. The zero-order valence-corrected chi connectivity index (χ0v) is 12.5. The first kappa shape index (κ1) is 15.0. The van der Waals surface area contributed by atoms with Crippen LogP contribution in [0.1, 0.15) is 12.8 Å². The number of hydrogen-bond acceptors (Lipinski definition) is 4. The van der Waals surface area contributed by atoms with Crippen molar-refractivity contribution in [1.82, 2.24) is 15.1 Å². The molecule has 0 spiro atoms. The van der Waals surface area contributed by atoms with Crippen LogP contribution in [0.3, 0.4) is 0 Å². The maximum atomic E-state index is 12.7. The van der Waals surface area contributed by atoms with Crippen LogP contribution < -0.4 is 10.6 Å². The highest BCUT2D eigenvalue weighted by Gasteiger charge is 2.41. The molecule has 0 saturated carbocycles. The van der Waals surface area contributed by atoms with Gasteiger partial charge < -0.3 is 10.6 Å². The number of carbonyl (C=O) groups excluding carboxylic acids is 1. The minimum atomic E-state index is -0.573. The predicted octanol–water partition coefficient (Wildman–Crippen LogP) is 2.08. The molecule has 2 N–H and O–H groups in total. The zero-order chi connectivity index (χ0) is 13.1. The topological polar surface area (TPSA) is 59.0 Å². The molecular formula is C13H17ClN4OS. The van der Waals surface area contributed by atoms with Crippen LogP contribution in [-0.2, 0) is 10.3 Å². The van der Waals surface area contributed by atoms with Crippen LogP contribution in [0.4, 0.5) is 5.69 Å². The Labute approximate surface area is 127 Å². The van der Waals surface area contributed by atoms with Gasteiger partial charge in [0.15, 0.2) is 0 Å². The van der Waals surface area contributed by atoms with Gasteiger partial charge >= 0.3 is 0 Å². The van der Waals surface area contributed by atoms with Gasteiger partial charge in [-0.2, -0.15) is 16.4 Å². The van der Waals surface area contributed by atoms with Gasteiger partial charge in [0.1, 0.15) is 5.54 Å². The molecule has 3 heterocycles. The van der Waals surface area contributed by atoms with E-state index in [0.29, 0.717) is 0 Å². The van der Waals surface area contributed by atoms with Crippen molar-refractivity contribution in [1.29, 1.82) is 0 Å².